The summed E-state index contributed by atoms with van der Waals surface area (Å²) in [5.41, 5.74) is -0.298. The molecule has 1 saturated heterocycles. The SMILES string of the molecule is COC(=O)c1ccc(NCC2CCCN(C(=O)OC(C)(C)C)C2)c([N+](=O)[O-])c1. The molecule has 0 aromatic heterocycles. The normalized spacial score (nSPS) is 17.0. The Kier molecular flexibility index (Phi) is 6.82. The van der Waals surface area contributed by atoms with Gasteiger partial charge in [0.2, 0.25) is 0 Å². The number of anilines is 1. The maximum absolute atomic E-state index is 12.3. The van der Waals surface area contributed by atoms with Gasteiger partial charge in [-0.1, -0.05) is 0 Å². The molecule has 1 aliphatic rings. The molecule has 9 heteroatoms. The van der Waals surface area contributed by atoms with Gasteiger partial charge in [-0.2, -0.15) is 0 Å². The third-order valence-electron chi connectivity index (χ3n) is 4.37. The standard InChI is InChI=1S/C19H27N3O6/c1-19(2,3)28-18(24)21-9-5-6-13(12-21)11-20-15-8-7-14(17(23)27-4)10-16(15)22(25)26/h7-8,10,13,20H,5-6,9,11-12H2,1-4H3. The number of nitro benzene ring substituents is 1. The van der Waals surface area contributed by atoms with Crippen molar-refractivity contribution in [2.24, 2.45) is 5.92 Å². The molecular weight excluding hydrogens is 366 g/mol. The van der Waals surface area contributed by atoms with Gasteiger partial charge >= 0.3 is 12.1 Å². The molecule has 2 rings (SSSR count). The lowest BCUT2D eigenvalue weighted by atomic mass is 9.98. The van der Waals surface area contributed by atoms with Crippen LogP contribution in [0, 0.1) is 16.0 Å². The molecule has 9 nitrogen and oxygen atoms in total. The quantitative estimate of drug-likeness (QED) is 0.463. The van der Waals surface area contributed by atoms with E-state index < -0.39 is 16.5 Å². The highest BCUT2D eigenvalue weighted by atomic mass is 16.6. The number of carbonyl (C=O) groups is 2. The number of likely N-dealkylation sites (tertiary alicyclic amines) is 1. The molecular formula is C19H27N3O6. The van der Waals surface area contributed by atoms with Gasteiger partial charge in [0.15, 0.2) is 0 Å². The predicted octanol–water partition coefficient (Wildman–Crippen LogP) is 3.44. The number of carbonyl (C=O) groups excluding carboxylic acids is 2. The number of hydrogen-bond acceptors (Lipinski definition) is 7. The van der Waals surface area contributed by atoms with Gasteiger partial charge in [-0.05, 0) is 51.7 Å². The summed E-state index contributed by atoms with van der Waals surface area (Å²) in [7, 11) is 1.22. The van der Waals surface area contributed by atoms with E-state index >= 15 is 0 Å². The van der Waals surface area contributed by atoms with E-state index in [9.17, 15) is 19.7 Å². The molecule has 1 aromatic carbocycles. The van der Waals surface area contributed by atoms with Crippen LogP contribution in [0.2, 0.25) is 0 Å². The molecule has 1 unspecified atom stereocenters. The second-order valence-electron chi connectivity index (χ2n) is 7.80. The van der Waals surface area contributed by atoms with Crippen molar-refractivity contribution in [2.75, 3.05) is 32.1 Å². The maximum Gasteiger partial charge on any atom is 0.410 e. The smallest absolute Gasteiger partial charge is 0.410 e. The number of piperidine rings is 1. The Hall–Kier alpha value is -2.84. The molecule has 28 heavy (non-hydrogen) atoms. The number of rotatable bonds is 5. The number of nitro groups is 1. The van der Waals surface area contributed by atoms with Crippen molar-refractivity contribution in [3.63, 3.8) is 0 Å². The highest BCUT2D eigenvalue weighted by molar-refractivity contribution is 5.91. The van der Waals surface area contributed by atoms with Crippen LogP contribution in [0.15, 0.2) is 18.2 Å². The summed E-state index contributed by atoms with van der Waals surface area (Å²) < 4.78 is 10.0. The van der Waals surface area contributed by atoms with Gasteiger partial charge < -0.3 is 19.7 Å². The fraction of sp³-hybridized carbons (Fsp3) is 0.579. The molecule has 1 heterocycles. The van der Waals surface area contributed by atoms with Gasteiger partial charge in [-0.3, -0.25) is 10.1 Å². The Balaban J connectivity index is 2.02. The first-order valence-electron chi connectivity index (χ1n) is 9.19. The van der Waals surface area contributed by atoms with Crippen molar-refractivity contribution in [2.45, 2.75) is 39.2 Å². The van der Waals surface area contributed by atoms with Crippen LogP contribution < -0.4 is 5.32 Å². The van der Waals surface area contributed by atoms with Crippen molar-refractivity contribution in [1.29, 1.82) is 0 Å². The zero-order valence-corrected chi connectivity index (χ0v) is 16.7. The summed E-state index contributed by atoms with van der Waals surface area (Å²) in [5.74, 6) is -0.490. The minimum atomic E-state index is -0.630. The van der Waals surface area contributed by atoms with Crippen LogP contribution in [-0.4, -0.2) is 54.2 Å². The second-order valence-corrected chi connectivity index (χ2v) is 7.80. The summed E-state index contributed by atoms with van der Waals surface area (Å²) >= 11 is 0. The minimum Gasteiger partial charge on any atom is -0.465 e. The number of methoxy groups -OCH3 is 1. The minimum absolute atomic E-state index is 0.119. The molecule has 1 aromatic rings. The number of ether oxygens (including phenoxy) is 2. The third-order valence-corrected chi connectivity index (χ3v) is 4.37. The average Bonchev–Trinajstić information content (AvgIpc) is 2.64. The van der Waals surface area contributed by atoms with Crippen molar-refractivity contribution in [3.8, 4) is 0 Å². The summed E-state index contributed by atoms with van der Waals surface area (Å²) in [6, 6.07) is 4.18. The lowest BCUT2D eigenvalue weighted by Gasteiger charge is -2.34. The summed E-state index contributed by atoms with van der Waals surface area (Å²) in [5, 5.41) is 14.4. The Bertz CT molecular complexity index is 744. The number of nitrogens with zero attached hydrogens (tertiary/aromatic N) is 2. The van der Waals surface area contributed by atoms with E-state index in [1.807, 2.05) is 20.8 Å². The van der Waals surface area contributed by atoms with Crippen LogP contribution in [0.3, 0.4) is 0 Å². The van der Waals surface area contributed by atoms with E-state index in [1.165, 1.54) is 25.3 Å². The van der Waals surface area contributed by atoms with Gasteiger partial charge in [0.1, 0.15) is 11.3 Å². The van der Waals surface area contributed by atoms with E-state index in [-0.39, 0.29) is 23.3 Å². The fourth-order valence-electron chi connectivity index (χ4n) is 3.06. The van der Waals surface area contributed by atoms with Crippen LogP contribution in [0.5, 0.6) is 0 Å². The Morgan fingerprint density at radius 3 is 2.68 bits per heavy atom. The zero-order chi connectivity index (χ0) is 20.9. The number of nitrogens with one attached hydrogen (secondary N) is 1. The van der Waals surface area contributed by atoms with Crippen LogP contribution in [0.4, 0.5) is 16.2 Å². The fourth-order valence-corrected chi connectivity index (χ4v) is 3.06. The highest BCUT2D eigenvalue weighted by Crippen LogP contribution is 2.27. The molecule has 1 aliphatic heterocycles. The molecule has 0 bridgehead atoms. The van der Waals surface area contributed by atoms with Crippen LogP contribution >= 0.6 is 0 Å². The molecule has 0 aliphatic carbocycles. The molecule has 0 radical (unpaired) electrons. The van der Waals surface area contributed by atoms with E-state index in [0.717, 1.165) is 12.8 Å². The Labute approximate surface area is 164 Å². The van der Waals surface area contributed by atoms with Crippen LogP contribution in [0.25, 0.3) is 0 Å². The Morgan fingerprint density at radius 2 is 2.07 bits per heavy atom. The summed E-state index contributed by atoms with van der Waals surface area (Å²) in [6.07, 6.45) is 1.40. The molecule has 154 valence electrons. The van der Waals surface area contributed by atoms with E-state index in [2.05, 4.69) is 10.1 Å². The molecule has 0 spiro atoms. The maximum atomic E-state index is 12.3. The molecule has 0 saturated carbocycles. The first-order chi connectivity index (χ1) is 13.1. The average molecular weight is 393 g/mol. The van der Waals surface area contributed by atoms with Crippen molar-refractivity contribution < 1.29 is 24.0 Å². The Morgan fingerprint density at radius 1 is 1.36 bits per heavy atom. The van der Waals surface area contributed by atoms with Crippen molar-refractivity contribution >= 4 is 23.4 Å². The molecule has 1 atom stereocenters. The van der Waals surface area contributed by atoms with Crippen LogP contribution in [-0.2, 0) is 9.47 Å². The predicted molar refractivity (Wildman–Crippen MR) is 103 cm³/mol. The van der Waals surface area contributed by atoms with E-state index in [1.54, 1.807) is 4.90 Å². The van der Waals surface area contributed by atoms with Gasteiger partial charge in [0.05, 0.1) is 17.6 Å². The van der Waals surface area contributed by atoms with E-state index in [0.29, 0.717) is 25.3 Å². The highest BCUT2D eigenvalue weighted by Gasteiger charge is 2.28. The largest absolute Gasteiger partial charge is 0.465 e. The van der Waals surface area contributed by atoms with Gasteiger partial charge in [-0.15, -0.1) is 0 Å². The lowest BCUT2D eigenvalue weighted by Crippen LogP contribution is -2.44. The molecule has 1 N–H and O–H groups in total. The summed E-state index contributed by atoms with van der Waals surface area (Å²) in [6.45, 7) is 7.11. The van der Waals surface area contributed by atoms with Crippen LogP contribution in [0.1, 0.15) is 44.0 Å². The van der Waals surface area contributed by atoms with Gasteiger partial charge in [-0.25, -0.2) is 9.59 Å². The number of hydrogen-bond donors (Lipinski definition) is 1. The zero-order valence-electron chi connectivity index (χ0n) is 16.7. The number of amides is 1. The van der Waals surface area contributed by atoms with Crippen molar-refractivity contribution in [1.82, 2.24) is 4.90 Å². The lowest BCUT2D eigenvalue weighted by molar-refractivity contribution is -0.384. The number of esters is 1. The number of benzene rings is 1. The second kappa shape index (κ2) is 8.90. The van der Waals surface area contributed by atoms with Crippen molar-refractivity contribution in [3.05, 3.63) is 33.9 Å². The topological polar surface area (TPSA) is 111 Å². The monoisotopic (exact) mass is 393 g/mol. The summed E-state index contributed by atoms with van der Waals surface area (Å²) in [4.78, 5) is 36.3. The molecule has 1 amide bonds. The first-order valence-corrected chi connectivity index (χ1v) is 9.19. The third kappa shape index (κ3) is 5.83. The van der Waals surface area contributed by atoms with E-state index in [4.69, 9.17) is 4.74 Å². The molecule has 1 fully saturated rings. The van der Waals surface area contributed by atoms with Gasteiger partial charge in [0.25, 0.3) is 5.69 Å². The first kappa shape index (κ1) is 21.5. The van der Waals surface area contributed by atoms with Gasteiger partial charge in [0, 0.05) is 25.7 Å².